The molecule has 4 aromatic carbocycles. The van der Waals surface area contributed by atoms with Crippen molar-refractivity contribution in [1.82, 2.24) is 10.2 Å². The number of hydrogen-bond donors (Lipinski definition) is 1. The van der Waals surface area contributed by atoms with Gasteiger partial charge in [-0.05, 0) is 74.7 Å². The Kier molecular flexibility index (Phi) is 11.4. The Morgan fingerprint density at radius 2 is 1.38 bits per heavy atom. The third-order valence-electron chi connectivity index (χ3n) is 7.75. The molecule has 236 valence electrons. The Bertz CT molecular complexity index is 1680. The lowest BCUT2D eigenvalue weighted by molar-refractivity contribution is -0.140. The van der Waals surface area contributed by atoms with Crippen LogP contribution in [0.2, 0.25) is 5.02 Å². The van der Waals surface area contributed by atoms with E-state index < -0.39 is 28.5 Å². The van der Waals surface area contributed by atoms with Crippen LogP contribution in [0.15, 0.2) is 108 Å². The maximum atomic E-state index is 14.5. The molecule has 4 aromatic rings. The number of nitrogens with zero attached hydrogens (tertiary/aromatic N) is 2. The van der Waals surface area contributed by atoms with Crippen LogP contribution in [0.25, 0.3) is 0 Å². The first kappa shape index (κ1) is 33.7. The van der Waals surface area contributed by atoms with E-state index in [-0.39, 0.29) is 29.8 Å². The van der Waals surface area contributed by atoms with Crippen LogP contribution < -0.4 is 9.62 Å². The van der Waals surface area contributed by atoms with E-state index in [1.54, 1.807) is 24.3 Å². The summed E-state index contributed by atoms with van der Waals surface area (Å²) < 4.78 is 29.3. The standard InChI is InChI=1S/C36H40ClN3O4S/c1-5-28(4)38-36(42)34(23-29-9-7-6-8-10-29)39(24-30-15-11-26(2)12-16-30)35(41)25-40(32-19-13-27(3)14-20-32)45(43,44)33-21-17-31(37)18-22-33/h6-22,28,34H,5,23-25H2,1-4H3,(H,38,42)/t28-,34-/m0/s1. The zero-order chi connectivity index (χ0) is 32.6. The second kappa shape index (κ2) is 15.2. The van der Waals surface area contributed by atoms with Crippen LogP contribution in [0.5, 0.6) is 0 Å². The smallest absolute Gasteiger partial charge is 0.264 e. The summed E-state index contributed by atoms with van der Waals surface area (Å²) in [4.78, 5) is 29.9. The fourth-order valence-electron chi connectivity index (χ4n) is 4.86. The van der Waals surface area contributed by atoms with Crippen LogP contribution in [0.1, 0.15) is 42.5 Å². The largest absolute Gasteiger partial charge is 0.352 e. The van der Waals surface area contributed by atoms with Gasteiger partial charge in [0.2, 0.25) is 11.8 Å². The maximum Gasteiger partial charge on any atom is 0.264 e. The van der Waals surface area contributed by atoms with Crippen molar-refractivity contribution in [2.24, 2.45) is 0 Å². The van der Waals surface area contributed by atoms with Gasteiger partial charge in [0.1, 0.15) is 12.6 Å². The van der Waals surface area contributed by atoms with Crippen molar-refractivity contribution in [3.8, 4) is 0 Å². The van der Waals surface area contributed by atoms with Crippen LogP contribution in [0.4, 0.5) is 5.69 Å². The molecule has 0 aliphatic heterocycles. The molecule has 2 atom stereocenters. The van der Waals surface area contributed by atoms with Crippen molar-refractivity contribution in [1.29, 1.82) is 0 Å². The topological polar surface area (TPSA) is 86.8 Å². The lowest BCUT2D eigenvalue weighted by Crippen LogP contribution is -2.54. The summed E-state index contributed by atoms with van der Waals surface area (Å²) >= 11 is 6.06. The Morgan fingerprint density at radius 3 is 1.96 bits per heavy atom. The van der Waals surface area contributed by atoms with Gasteiger partial charge < -0.3 is 10.2 Å². The molecule has 0 saturated heterocycles. The molecule has 7 nitrogen and oxygen atoms in total. The third kappa shape index (κ3) is 8.96. The molecule has 45 heavy (non-hydrogen) atoms. The molecule has 0 saturated carbocycles. The molecule has 9 heteroatoms. The average Bonchev–Trinajstić information content (AvgIpc) is 3.03. The Balaban J connectivity index is 1.80. The number of amides is 2. The summed E-state index contributed by atoms with van der Waals surface area (Å²) in [5.41, 5.74) is 4.05. The molecule has 0 aliphatic carbocycles. The summed E-state index contributed by atoms with van der Waals surface area (Å²) in [6.07, 6.45) is 0.978. The minimum Gasteiger partial charge on any atom is -0.352 e. The second-order valence-electron chi connectivity index (χ2n) is 11.3. The number of aryl methyl sites for hydroxylation is 2. The van der Waals surface area contributed by atoms with Crippen LogP contribution in [-0.4, -0.2) is 43.8 Å². The van der Waals surface area contributed by atoms with Gasteiger partial charge >= 0.3 is 0 Å². The number of sulfonamides is 1. The van der Waals surface area contributed by atoms with Crippen LogP contribution in [-0.2, 0) is 32.6 Å². The van der Waals surface area contributed by atoms with Crippen molar-refractivity contribution in [3.63, 3.8) is 0 Å². The van der Waals surface area contributed by atoms with Crippen molar-refractivity contribution >= 4 is 39.1 Å². The van der Waals surface area contributed by atoms with E-state index >= 15 is 0 Å². The molecule has 0 unspecified atom stereocenters. The molecule has 1 N–H and O–H groups in total. The first-order chi connectivity index (χ1) is 21.5. The summed E-state index contributed by atoms with van der Waals surface area (Å²) in [6.45, 7) is 7.38. The van der Waals surface area contributed by atoms with Crippen molar-refractivity contribution in [2.45, 2.75) is 64.1 Å². The highest BCUT2D eigenvalue weighted by atomic mass is 35.5. The minimum absolute atomic E-state index is 0.000656. The van der Waals surface area contributed by atoms with Crippen LogP contribution in [0.3, 0.4) is 0 Å². The highest BCUT2D eigenvalue weighted by Gasteiger charge is 2.35. The van der Waals surface area contributed by atoms with E-state index in [2.05, 4.69) is 5.32 Å². The Labute approximate surface area is 271 Å². The summed E-state index contributed by atoms with van der Waals surface area (Å²) in [7, 11) is -4.19. The number of hydrogen-bond acceptors (Lipinski definition) is 4. The number of halogens is 1. The first-order valence-electron chi connectivity index (χ1n) is 15.0. The normalized spacial score (nSPS) is 12.6. The fourth-order valence-corrected chi connectivity index (χ4v) is 6.40. The summed E-state index contributed by atoms with van der Waals surface area (Å²) in [5.74, 6) is -0.801. The zero-order valence-electron chi connectivity index (χ0n) is 26.1. The average molecular weight is 646 g/mol. The van der Waals surface area contributed by atoms with E-state index in [0.29, 0.717) is 10.7 Å². The molecule has 0 radical (unpaired) electrons. The molecule has 0 aliphatic rings. The quantitative estimate of drug-likeness (QED) is 0.175. The number of benzene rings is 4. The summed E-state index contributed by atoms with van der Waals surface area (Å²) in [5, 5.41) is 3.45. The molecule has 0 aromatic heterocycles. The molecule has 0 fully saturated rings. The SMILES string of the molecule is CC[C@H](C)NC(=O)[C@H](Cc1ccccc1)N(Cc1ccc(C)cc1)C(=O)CN(c1ccc(C)cc1)S(=O)(=O)c1ccc(Cl)cc1. The van der Waals surface area contributed by atoms with Crippen molar-refractivity contribution in [2.75, 3.05) is 10.8 Å². The molecule has 2 amide bonds. The van der Waals surface area contributed by atoms with E-state index in [1.807, 2.05) is 82.3 Å². The lowest BCUT2D eigenvalue weighted by Gasteiger charge is -2.34. The van der Waals surface area contributed by atoms with Gasteiger partial charge in [0.15, 0.2) is 0 Å². The fraction of sp³-hybridized carbons (Fsp3) is 0.278. The third-order valence-corrected chi connectivity index (χ3v) is 9.79. The first-order valence-corrected chi connectivity index (χ1v) is 16.8. The van der Waals surface area contributed by atoms with Crippen LogP contribution in [0, 0.1) is 13.8 Å². The lowest BCUT2D eigenvalue weighted by atomic mass is 10.0. The van der Waals surface area contributed by atoms with Gasteiger partial charge in [-0.15, -0.1) is 0 Å². The van der Waals surface area contributed by atoms with Gasteiger partial charge in [0.05, 0.1) is 10.6 Å². The Morgan fingerprint density at radius 1 is 0.800 bits per heavy atom. The van der Waals surface area contributed by atoms with Gasteiger partial charge in [0.25, 0.3) is 10.0 Å². The van der Waals surface area contributed by atoms with E-state index in [0.717, 1.165) is 33.0 Å². The maximum absolute atomic E-state index is 14.5. The van der Waals surface area contributed by atoms with Gasteiger partial charge in [-0.25, -0.2) is 8.42 Å². The predicted molar refractivity (Wildman–Crippen MR) is 181 cm³/mol. The molecular weight excluding hydrogens is 606 g/mol. The number of rotatable bonds is 13. The second-order valence-corrected chi connectivity index (χ2v) is 13.6. The van der Waals surface area contributed by atoms with E-state index in [9.17, 15) is 18.0 Å². The van der Waals surface area contributed by atoms with E-state index in [4.69, 9.17) is 11.6 Å². The predicted octanol–water partition coefficient (Wildman–Crippen LogP) is 6.71. The molecule has 0 bridgehead atoms. The number of nitrogens with one attached hydrogen (secondary N) is 1. The van der Waals surface area contributed by atoms with Crippen molar-refractivity contribution in [3.05, 3.63) is 130 Å². The molecular formula is C36H40ClN3O4S. The minimum atomic E-state index is -4.19. The monoisotopic (exact) mass is 645 g/mol. The van der Waals surface area contributed by atoms with Gasteiger partial charge in [-0.3, -0.25) is 13.9 Å². The zero-order valence-corrected chi connectivity index (χ0v) is 27.7. The van der Waals surface area contributed by atoms with E-state index in [1.165, 1.54) is 29.2 Å². The number of carbonyl (C=O) groups is 2. The van der Waals surface area contributed by atoms with Gasteiger partial charge in [0, 0.05) is 24.0 Å². The van der Waals surface area contributed by atoms with Crippen LogP contribution >= 0.6 is 11.6 Å². The highest BCUT2D eigenvalue weighted by Crippen LogP contribution is 2.26. The molecule has 0 heterocycles. The summed E-state index contributed by atoms with van der Waals surface area (Å²) in [6, 6.07) is 29.1. The van der Waals surface area contributed by atoms with Gasteiger partial charge in [-0.1, -0.05) is 96.4 Å². The molecule has 4 rings (SSSR count). The Hall–Kier alpha value is -4.14. The van der Waals surface area contributed by atoms with Gasteiger partial charge in [-0.2, -0.15) is 0 Å². The number of anilines is 1. The van der Waals surface area contributed by atoms with Crippen molar-refractivity contribution < 1.29 is 18.0 Å². The highest BCUT2D eigenvalue weighted by molar-refractivity contribution is 7.92. The molecule has 0 spiro atoms. The number of carbonyl (C=O) groups excluding carboxylic acids is 2.